The standard InChI is InChI=1S/C26H33N3O2/c1-18-23(9-6-11-27-18)26(30)28-16-20-15-21(17-28)25(29-12-4-3-10-24(20)29)14-19-7-5-8-22(13-19)31-2/h5-9,11,13,20-21,24-25H,3-4,10,12,14-17H2,1-2H3/t20-,21+,24+,25+/m1/s1. The van der Waals surface area contributed by atoms with Crippen molar-refractivity contribution in [3.63, 3.8) is 0 Å². The molecule has 0 saturated carbocycles. The zero-order valence-electron chi connectivity index (χ0n) is 18.7. The van der Waals surface area contributed by atoms with E-state index in [4.69, 9.17) is 4.74 Å². The van der Waals surface area contributed by atoms with E-state index in [1.165, 1.54) is 37.8 Å². The Morgan fingerprint density at radius 3 is 2.87 bits per heavy atom. The number of rotatable bonds is 4. The van der Waals surface area contributed by atoms with Crippen molar-refractivity contribution in [2.75, 3.05) is 26.7 Å². The van der Waals surface area contributed by atoms with Crippen molar-refractivity contribution in [1.82, 2.24) is 14.8 Å². The molecule has 2 aromatic rings. The molecule has 2 bridgehead atoms. The summed E-state index contributed by atoms with van der Waals surface area (Å²) in [5.41, 5.74) is 2.92. The predicted octanol–water partition coefficient (Wildman–Crippen LogP) is 3.96. The molecule has 31 heavy (non-hydrogen) atoms. The Kier molecular flexibility index (Phi) is 5.70. The first-order valence-corrected chi connectivity index (χ1v) is 11.7. The van der Waals surface area contributed by atoms with Gasteiger partial charge in [0, 0.05) is 37.1 Å². The first-order chi connectivity index (χ1) is 15.1. The molecule has 164 valence electrons. The molecule has 0 aliphatic carbocycles. The minimum atomic E-state index is 0.157. The van der Waals surface area contributed by atoms with E-state index in [0.29, 0.717) is 23.9 Å². The summed E-state index contributed by atoms with van der Waals surface area (Å²) in [5.74, 6) is 2.18. The highest BCUT2D eigenvalue weighted by molar-refractivity contribution is 5.95. The Labute approximate surface area is 185 Å². The van der Waals surface area contributed by atoms with Crippen LogP contribution >= 0.6 is 0 Å². The monoisotopic (exact) mass is 419 g/mol. The van der Waals surface area contributed by atoms with E-state index < -0.39 is 0 Å². The number of fused-ring (bicyclic) bond motifs is 4. The van der Waals surface area contributed by atoms with Crippen LogP contribution in [0.1, 0.15) is 47.3 Å². The number of piperidine rings is 3. The number of nitrogens with zero attached hydrogens (tertiary/aromatic N) is 3. The van der Waals surface area contributed by atoms with Gasteiger partial charge in [0.15, 0.2) is 0 Å². The van der Waals surface area contributed by atoms with Crippen LogP contribution in [0, 0.1) is 18.8 Å². The highest BCUT2D eigenvalue weighted by atomic mass is 16.5. The van der Waals surface area contributed by atoms with E-state index in [1.54, 1.807) is 13.3 Å². The topological polar surface area (TPSA) is 45.7 Å². The van der Waals surface area contributed by atoms with Crippen LogP contribution in [0.5, 0.6) is 5.75 Å². The fourth-order valence-corrected chi connectivity index (χ4v) is 6.28. The van der Waals surface area contributed by atoms with Crippen molar-refractivity contribution in [2.24, 2.45) is 11.8 Å². The van der Waals surface area contributed by atoms with Gasteiger partial charge in [0.25, 0.3) is 5.91 Å². The highest BCUT2D eigenvalue weighted by Crippen LogP contribution is 2.42. The summed E-state index contributed by atoms with van der Waals surface area (Å²) in [7, 11) is 1.73. The van der Waals surface area contributed by atoms with Gasteiger partial charge in [0.1, 0.15) is 5.75 Å². The number of aryl methyl sites for hydroxylation is 1. The van der Waals surface area contributed by atoms with Gasteiger partial charge >= 0.3 is 0 Å². The smallest absolute Gasteiger partial charge is 0.255 e. The fourth-order valence-electron chi connectivity index (χ4n) is 6.28. The summed E-state index contributed by atoms with van der Waals surface area (Å²) in [6, 6.07) is 13.4. The summed E-state index contributed by atoms with van der Waals surface area (Å²) in [4.78, 5) is 22.7. The largest absolute Gasteiger partial charge is 0.497 e. The van der Waals surface area contributed by atoms with Gasteiger partial charge in [-0.25, -0.2) is 0 Å². The maximum atomic E-state index is 13.4. The van der Waals surface area contributed by atoms with E-state index in [-0.39, 0.29) is 5.91 Å². The Morgan fingerprint density at radius 1 is 1.16 bits per heavy atom. The van der Waals surface area contributed by atoms with Crippen molar-refractivity contribution >= 4 is 5.91 Å². The Bertz CT molecular complexity index is 946. The lowest BCUT2D eigenvalue weighted by atomic mass is 9.71. The molecule has 4 atom stereocenters. The van der Waals surface area contributed by atoms with Crippen LogP contribution in [0.4, 0.5) is 0 Å². The third kappa shape index (κ3) is 3.96. The Hall–Kier alpha value is -2.40. The van der Waals surface area contributed by atoms with Crippen LogP contribution < -0.4 is 4.74 Å². The highest BCUT2D eigenvalue weighted by Gasteiger charge is 2.47. The average Bonchev–Trinajstić information content (AvgIpc) is 2.81. The van der Waals surface area contributed by atoms with Crippen LogP contribution in [0.3, 0.4) is 0 Å². The Morgan fingerprint density at radius 2 is 2.03 bits per heavy atom. The third-order valence-electron chi connectivity index (χ3n) is 7.73. The number of hydrogen-bond acceptors (Lipinski definition) is 4. The van der Waals surface area contributed by atoms with E-state index >= 15 is 0 Å². The molecule has 4 heterocycles. The second-order valence-electron chi connectivity index (χ2n) is 9.53. The second-order valence-corrected chi connectivity index (χ2v) is 9.53. The molecular weight excluding hydrogens is 386 g/mol. The number of pyridine rings is 1. The predicted molar refractivity (Wildman–Crippen MR) is 121 cm³/mol. The van der Waals surface area contributed by atoms with E-state index in [2.05, 4.69) is 33.0 Å². The summed E-state index contributed by atoms with van der Waals surface area (Å²) in [6.07, 6.45) is 7.90. The molecule has 0 N–H and O–H groups in total. The summed E-state index contributed by atoms with van der Waals surface area (Å²) < 4.78 is 5.47. The molecule has 0 spiro atoms. The number of methoxy groups -OCH3 is 1. The first-order valence-electron chi connectivity index (χ1n) is 11.7. The van der Waals surface area contributed by atoms with Crippen LogP contribution in [-0.4, -0.2) is 59.5 Å². The maximum absolute atomic E-state index is 13.4. The molecule has 1 aromatic heterocycles. The van der Waals surface area contributed by atoms with E-state index in [1.807, 2.05) is 25.1 Å². The third-order valence-corrected chi connectivity index (χ3v) is 7.73. The van der Waals surface area contributed by atoms with Crippen LogP contribution in [0.25, 0.3) is 0 Å². The van der Waals surface area contributed by atoms with Crippen molar-refractivity contribution in [1.29, 1.82) is 0 Å². The molecule has 1 amide bonds. The minimum absolute atomic E-state index is 0.157. The van der Waals surface area contributed by atoms with Gasteiger partial charge in [-0.3, -0.25) is 14.7 Å². The van der Waals surface area contributed by atoms with Gasteiger partial charge in [-0.2, -0.15) is 0 Å². The number of ether oxygens (including phenoxy) is 1. The lowest BCUT2D eigenvalue weighted by Crippen LogP contribution is -2.64. The number of aromatic nitrogens is 1. The van der Waals surface area contributed by atoms with Gasteiger partial charge in [-0.15, -0.1) is 0 Å². The van der Waals surface area contributed by atoms with Gasteiger partial charge in [0.2, 0.25) is 0 Å². The summed E-state index contributed by atoms with van der Waals surface area (Å²) in [6.45, 7) is 4.87. The SMILES string of the molecule is COc1cccc(C[C@H]2[C@H]3C[C@H](CN(C(=O)c4cccnc4C)C3)[C@@H]3CCCCN32)c1. The number of carbonyl (C=O) groups is 1. The molecule has 5 heteroatoms. The van der Waals surface area contributed by atoms with E-state index in [0.717, 1.165) is 36.5 Å². The maximum Gasteiger partial charge on any atom is 0.255 e. The zero-order chi connectivity index (χ0) is 21.4. The number of amides is 1. The number of benzene rings is 1. The number of carbonyl (C=O) groups excluding carboxylic acids is 1. The molecule has 3 aliphatic rings. The molecule has 5 rings (SSSR count). The molecule has 3 saturated heterocycles. The molecule has 5 nitrogen and oxygen atoms in total. The molecule has 0 radical (unpaired) electrons. The molecule has 3 aliphatic heterocycles. The van der Waals surface area contributed by atoms with Gasteiger partial charge in [-0.05, 0) is 80.8 Å². The van der Waals surface area contributed by atoms with Crippen LogP contribution in [-0.2, 0) is 6.42 Å². The normalized spacial score (nSPS) is 28.1. The summed E-state index contributed by atoms with van der Waals surface area (Å²) >= 11 is 0. The van der Waals surface area contributed by atoms with Crippen LogP contribution in [0.2, 0.25) is 0 Å². The van der Waals surface area contributed by atoms with Crippen LogP contribution in [0.15, 0.2) is 42.6 Å². The minimum Gasteiger partial charge on any atom is -0.497 e. The second kappa shape index (κ2) is 8.62. The van der Waals surface area contributed by atoms with Crippen molar-refractivity contribution in [3.8, 4) is 5.75 Å². The Balaban J connectivity index is 1.42. The van der Waals surface area contributed by atoms with Gasteiger partial charge in [0.05, 0.1) is 12.7 Å². The van der Waals surface area contributed by atoms with Crippen molar-refractivity contribution < 1.29 is 9.53 Å². The number of likely N-dealkylation sites (tertiary alicyclic amines) is 1. The lowest BCUT2D eigenvalue weighted by Gasteiger charge is -2.57. The number of hydrogen-bond donors (Lipinski definition) is 0. The van der Waals surface area contributed by atoms with Gasteiger partial charge in [-0.1, -0.05) is 18.6 Å². The molecular formula is C26H33N3O2. The van der Waals surface area contributed by atoms with E-state index in [9.17, 15) is 4.79 Å². The quantitative estimate of drug-likeness (QED) is 0.753. The molecule has 3 fully saturated rings. The molecule has 0 unspecified atom stereocenters. The molecule has 1 aromatic carbocycles. The van der Waals surface area contributed by atoms with Crippen molar-refractivity contribution in [3.05, 3.63) is 59.4 Å². The zero-order valence-corrected chi connectivity index (χ0v) is 18.7. The average molecular weight is 420 g/mol. The van der Waals surface area contributed by atoms with Gasteiger partial charge < -0.3 is 9.64 Å². The fraction of sp³-hybridized carbons (Fsp3) is 0.538. The lowest BCUT2D eigenvalue weighted by molar-refractivity contribution is -0.0642. The summed E-state index contributed by atoms with van der Waals surface area (Å²) in [5, 5.41) is 0. The first kappa shape index (κ1) is 20.5. The van der Waals surface area contributed by atoms with Crippen molar-refractivity contribution in [2.45, 2.75) is 51.1 Å².